The van der Waals surface area contributed by atoms with Crippen LogP contribution in [0.4, 0.5) is 10.1 Å². The van der Waals surface area contributed by atoms with Gasteiger partial charge in [-0.3, -0.25) is 9.52 Å². The van der Waals surface area contributed by atoms with E-state index >= 15 is 0 Å². The van der Waals surface area contributed by atoms with Crippen LogP contribution in [-0.2, 0) is 21.2 Å². The molecule has 2 aromatic rings. The van der Waals surface area contributed by atoms with E-state index in [1.54, 1.807) is 6.92 Å². The number of anilines is 1. The summed E-state index contributed by atoms with van der Waals surface area (Å²) in [5, 5.41) is 2.81. The van der Waals surface area contributed by atoms with E-state index in [0.29, 0.717) is 6.54 Å². The van der Waals surface area contributed by atoms with Crippen LogP contribution in [0, 0.1) is 17.7 Å². The van der Waals surface area contributed by atoms with Crippen molar-refractivity contribution in [2.24, 2.45) is 11.8 Å². The van der Waals surface area contributed by atoms with E-state index in [-0.39, 0.29) is 23.3 Å². The van der Waals surface area contributed by atoms with Gasteiger partial charge >= 0.3 is 0 Å². The van der Waals surface area contributed by atoms with Crippen LogP contribution in [0.2, 0.25) is 0 Å². The van der Waals surface area contributed by atoms with E-state index in [1.165, 1.54) is 23.8 Å². The number of hydrogen-bond acceptors (Lipinski definition) is 3. The lowest BCUT2D eigenvalue weighted by Crippen LogP contribution is -2.37. The molecule has 2 atom stereocenters. The van der Waals surface area contributed by atoms with Crippen LogP contribution in [0.5, 0.6) is 0 Å². The third-order valence-corrected chi connectivity index (χ3v) is 5.55. The lowest BCUT2D eigenvalue weighted by atomic mass is 10.0. The van der Waals surface area contributed by atoms with E-state index in [9.17, 15) is 17.6 Å². The van der Waals surface area contributed by atoms with Crippen molar-refractivity contribution in [3.63, 3.8) is 0 Å². The van der Waals surface area contributed by atoms with Crippen molar-refractivity contribution in [2.45, 2.75) is 20.3 Å². The first kappa shape index (κ1) is 20.9. The fraction of sp³-hybridized carbons (Fsp3) is 0.350. The van der Waals surface area contributed by atoms with Crippen molar-refractivity contribution in [2.75, 3.05) is 17.0 Å². The Hall–Kier alpha value is -2.41. The standard InChI is InChI=1S/C20H25FN2O3S/c1-15(11-17-7-4-3-5-8-17)13-22-20(24)16(2)14-27(25,26)23-19-10-6-9-18(21)12-19/h3-10,12,15-16,23H,11,13-14H2,1-2H3,(H,22,24). The van der Waals surface area contributed by atoms with Gasteiger partial charge in [0.2, 0.25) is 15.9 Å². The Labute approximate surface area is 160 Å². The zero-order chi connectivity index (χ0) is 19.9. The number of rotatable bonds is 9. The highest BCUT2D eigenvalue weighted by Crippen LogP contribution is 2.13. The molecule has 1 amide bonds. The van der Waals surface area contributed by atoms with E-state index < -0.39 is 21.8 Å². The lowest BCUT2D eigenvalue weighted by molar-refractivity contribution is -0.124. The summed E-state index contributed by atoms with van der Waals surface area (Å²) in [6.45, 7) is 4.05. The molecule has 27 heavy (non-hydrogen) atoms. The second kappa shape index (κ2) is 9.50. The summed E-state index contributed by atoms with van der Waals surface area (Å²) >= 11 is 0. The van der Waals surface area contributed by atoms with Crippen LogP contribution in [-0.4, -0.2) is 26.6 Å². The van der Waals surface area contributed by atoms with Crippen molar-refractivity contribution in [3.8, 4) is 0 Å². The van der Waals surface area contributed by atoms with Crippen LogP contribution in [0.25, 0.3) is 0 Å². The van der Waals surface area contributed by atoms with E-state index in [0.717, 1.165) is 12.5 Å². The van der Waals surface area contributed by atoms with Gasteiger partial charge in [-0.1, -0.05) is 50.2 Å². The first-order valence-corrected chi connectivity index (χ1v) is 10.5. The summed E-state index contributed by atoms with van der Waals surface area (Å²) in [7, 11) is -3.76. The maximum Gasteiger partial charge on any atom is 0.233 e. The Balaban J connectivity index is 1.81. The molecule has 0 aromatic heterocycles. The van der Waals surface area contributed by atoms with E-state index in [2.05, 4.69) is 10.0 Å². The molecule has 0 saturated heterocycles. The van der Waals surface area contributed by atoms with Crippen molar-refractivity contribution in [1.82, 2.24) is 5.32 Å². The van der Waals surface area contributed by atoms with Crippen LogP contribution in [0.15, 0.2) is 54.6 Å². The fourth-order valence-electron chi connectivity index (χ4n) is 2.72. The molecule has 0 fully saturated rings. The summed E-state index contributed by atoms with van der Waals surface area (Å²) in [5.41, 5.74) is 1.33. The van der Waals surface area contributed by atoms with Gasteiger partial charge in [-0.05, 0) is 36.1 Å². The molecule has 2 unspecified atom stereocenters. The van der Waals surface area contributed by atoms with Crippen molar-refractivity contribution in [1.29, 1.82) is 0 Å². The predicted molar refractivity (Wildman–Crippen MR) is 105 cm³/mol. The van der Waals surface area contributed by atoms with Gasteiger partial charge in [0, 0.05) is 6.54 Å². The molecular weight excluding hydrogens is 367 g/mol. The lowest BCUT2D eigenvalue weighted by Gasteiger charge is -2.16. The smallest absolute Gasteiger partial charge is 0.233 e. The van der Waals surface area contributed by atoms with Gasteiger partial charge in [0.05, 0.1) is 17.4 Å². The molecule has 0 heterocycles. The van der Waals surface area contributed by atoms with Crippen molar-refractivity contribution < 1.29 is 17.6 Å². The van der Waals surface area contributed by atoms with Crippen molar-refractivity contribution in [3.05, 3.63) is 66.0 Å². The first-order chi connectivity index (χ1) is 12.7. The summed E-state index contributed by atoms with van der Waals surface area (Å²) in [6, 6.07) is 15.2. The fourth-order valence-corrected chi connectivity index (χ4v) is 4.09. The molecule has 7 heteroatoms. The minimum absolute atomic E-state index is 0.138. The number of sulfonamides is 1. The zero-order valence-electron chi connectivity index (χ0n) is 15.5. The molecule has 146 valence electrons. The maximum atomic E-state index is 13.2. The van der Waals surface area contributed by atoms with Crippen LogP contribution >= 0.6 is 0 Å². The largest absolute Gasteiger partial charge is 0.356 e. The van der Waals surface area contributed by atoms with Crippen LogP contribution in [0.1, 0.15) is 19.4 Å². The number of hydrogen-bond donors (Lipinski definition) is 2. The first-order valence-electron chi connectivity index (χ1n) is 8.83. The van der Waals surface area contributed by atoms with Gasteiger partial charge in [0.15, 0.2) is 0 Å². The van der Waals surface area contributed by atoms with Crippen molar-refractivity contribution >= 4 is 21.6 Å². The molecule has 2 rings (SSSR count). The normalized spacial score (nSPS) is 13.6. The average molecular weight is 392 g/mol. The Bertz CT molecular complexity index is 857. The highest BCUT2D eigenvalue weighted by molar-refractivity contribution is 7.92. The van der Waals surface area contributed by atoms with E-state index in [4.69, 9.17) is 0 Å². The van der Waals surface area contributed by atoms with Crippen LogP contribution in [0.3, 0.4) is 0 Å². The average Bonchev–Trinajstić information content (AvgIpc) is 2.59. The Morgan fingerprint density at radius 3 is 2.44 bits per heavy atom. The monoisotopic (exact) mass is 392 g/mol. The summed E-state index contributed by atoms with van der Waals surface area (Å²) in [5.74, 6) is -1.72. The SMILES string of the molecule is CC(CNC(=O)C(C)CS(=O)(=O)Nc1cccc(F)c1)Cc1ccccc1. The molecular formula is C20H25FN2O3S. The molecule has 0 aliphatic heterocycles. The maximum absolute atomic E-state index is 13.2. The third-order valence-electron chi connectivity index (χ3n) is 4.07. The van der Waals surface area contributed by atoms with Gasteiger partial charge in [-0.25, -0.2) is 12.8 Å². The summed E-state index contributed by atoms with van der Waals surface area (Å²) < 4.78 is 39.8. The number of amides is 1. The van der Waals surface area contributed by atoms with Gasteiger partial charge in [0.1, 0.15) is 5.82 Å². The quantitative estimate of drug-likeness (QED) is 0.688. The van der Waals surface area contributed by atoms with Gasteiger partial charge in [-0.15, -0.1) is 0 Å². The van der Waals surface area contributed by atoms with Gasteiger partial charge in [0.25, 0.3) is 0 Å². The second-order valence-corrected chi connectivity index (χ2v) is 8.60. The molecule has 0 radical (unpaired) electrons. The summed E-state index contributed by atoms with van der Waals surface area (Å²) in [4.78, 5) is 12.2. The van der Waals surface area contributed by atoms with Gasteiger partial charge < -0.3 is 5.32 Å². The minimum atomic E-state index is -3.76. The Kier molecular flexibility index (Phi) is 7.36. The number of nitrogens with one attached hydrogen (secondary N) is 2. The van der Waals surface area contributed by atoms with Crippen LogP contribution < -0.4 is 10.0 Å². The Morgan fingerprint density at radius 2 is 1.78 bits per heavy atom. The molecule has 0 spiro atoms. The second-order valence-electron chi connectivity index (χ2n) is 6.83. The number of carbonyl (C=O) groups is 1. The summed E-state index contributed by atoms with van der Waals surface area (Å²) in [6.07, 6.45) is 0.828. The Morgan fingerprint density at radius 1 is 1.07 bits per heavy atom. The predicted octanol–water partition coefficient (Wildman–Crippen LogP) is 3.20. The van der Waals surface area contributed by atoms with E-state index in [1.807, 2.05) is 37.3 Å². The molecule has 0 aliphatic carbocycles. The molecule has 2 N–H and O–H groups in total. The topological polar surface area (TPSA) is 75.3 Å². The molecule has 0 bridgehead atoms. The third kappa shape index (κ3) is 7.38. The molecule has 5 nitrogen and oxygen atoms in total. The zero-order valence-corrected chi connectivity index (χ0v) is 16.3. The number of halogens is 1. The number of benzene rings is 2. The van der Waals surface area contributed by atoms with Gasteiger partial charge in [-0.2, -0.15) is 0 Å². The minimum Gasteiger partial charge on any atom is -0.356 e. The molecule has 0 saturated carbocycles. The highest BCUT2D eigenvalue weighted by atomic mass is 32.2. The molecule has 0 aliphatic rings. The highest BCUT2D eigenvalue weighted by Gasteiger charge is 2.22. The number of carbonyl (C=O) groups excluding carboxylic acids is 1. The molecule has 2 aromatic carbocycles.